The van der Waals surface area contributed by atoms with Crippen LogP contribution in [-0.4, -0.2) is 30.1 Å². The van der Waals surface area contributed by atoms with Crippen molar-refractivity contribution in [2.75, 3.05) is 14.2 Å². The van der Waals surface area contributed by atoms with Gasteiger partial charge in [-0.25, -0.2) is 0 Å². The molecular formula is C18H18N2O4S. The molecule has 1 N–H and O–H groups in total. The number of nitrogens with zero attached hydrogens (tertiary/aromatic N) is 1. The smallest absolute Gasteiger partial charge is 0.276 e. The summed E-state index contributed by atoms with van der Waals surface area (Å²) in [6, 6.07) is 9.22. The van der Waals surface area contributed by atoms with Gasteiger partial charge in [0, 0.05) is 12.7 Å². The number of methoxy groups -OCH3 is 2. The van der Waals surface area contributed by atoms with E-state index in [1.54, 1.807) is 38.7 Å². The van der Waals surface area contributed by atoms with Crippen LogP contribution in [0.2, 0.25) is 0 Å². The van der Waals surface area contributed by atoms with E-state index in [0.717, 1.165) is 16.9 Å². The number of amides is 1. The van der Waals surface area contributed by atoms with Crippen LogP contribution in [0.15, 0.2) is 46.7 Å². The van der Waals surface area contributed by atoms with Gasteiger partial charge < -0.3 is 19.2 Å². The Morgan fingerprint density at radius 3 is 2.84 bits per heavy atom. The molecule has 2 heterocycles. The summed E-state index contributed by atoms with van der Waals surface area (Å²) in [6.45, 7) is 0.719. The summed E-state index contributed by atoms with van der Waals surface area (Å²) in [6.07, 6.45) is 3.33. The predicted octanol–water partition coefficient (Wildman–Crippen LogP) is 2.69. The van der Waals surface area contributed by atoms with E-state index in [2.05, 4.69) is 5.32 Å². The first kappa shape index (κ1) is 17.2. The SMILES string of the molecule is COCc1cc(/C=C2/NC(=S)N(Cc3ccco3)C2=O)ccc1OC. The molecule has 1 aliphatic rings. The molecule has 0 aliphatic carbocycles. The Balaban J connectivity index is 1.83. The third-order valence-electron chi connectivity index (χ3n) is 3.77. The molecule has 1 aromatic heterocycles. The van der Waals surface area contributed by atoms with Crippen molar-refractivity contribution < 1.29 is 18.7 Å². The largest absolute Gasteiger partial charge is 0.496 e. The Labute approximate surface area is 151 Å². The van der Waals surface area contributed by atoms with Crippen molar-refractivity contribution in [3.8, 4) is 5.75 Å². The number of furan rings is 1. The van der Waals surface area contributed by atoms with Crippen LogP contribution in [0.5, 0.6) is 5.75 Å². The van der Waals surface area contributed by atoms with Gasteiger partial charge in [0.1, 0.15) is 17.2 Å². The minimum absolute atomic E-state index is 0.189. The van der Waals surface area contributed by atoms with Crippen molar-refractivity contribution in [2.24, 2.45) is 0 Å². The van der Waals surface area contributed by atoms with E-state index < -0.39 is 0 Å². The number of hydrogen-bond donors (Lipinski definition) is 1. The van der Waals surface area contributed by atoms with Crippen molar-refractivity contribution >= 4 is 29.3 Å². The molecule has 0 bridgehead atoms. The summed E-state index contributed by atoms with van der Waals surface area (Å²) in [7, 11) is 3.23. The molecule has 0 unspecified atom stereocenters. The van der Waals surface area contributed by atoms with Crippen LogP contribution >= 0.6 is 12.2 Å². The van der Waals surface area contributed by atoms with Crippen molar-refractivity contribution in [3.05, 3.63) is 59.2 Å². The van der Waals surface area contributed by atoms with E-state index in [4.69, 9.17) is 26.1 Å². The number of carbonyl (C=O) groups is 1. The van der Waals surface area contributed by atoms with Gasteiger partial charge in [0.15, 0.2) is 5.11 Å². The molecule has 130 valence electrons. The Morgan fingerprint density at radius 1 is 1.32 bits per heavy atom. The van der Waals surface area contributed by atoms with Crippen molar-refractivity contribution in [3.63, 3.8) is 0 Å². The fourth-order valence-corrected chi connectivity index (χ4v) is 2.85. The number of benzene rings is 1. The summed E-state index contributed by atoms with van der Waals surface area (Å²) < 4.78 is 15.8. The Morgan fingerprint density at radius 2 is 2.16 bits per heavy atom. The van der Waals surface area contributed by atoms with Gasteiger partial charge in [0.25, 0.3) is 5.91 Å². The predicted molar refractivity (Wildman–Crippen MR) is 96.7 cm³/mol. The molecule has 1 amide bonds. The average Bonchev–Trinajstić information content (AvgIpc) is 3.20. The van der Waals surface area contributed by atoms with Crippen LogP contribution in [0.4, 0.5) is 0 Å². The summed E-state index contributed by atoms with van der Waals surface area (Å²) in [5, 5.41) is 3.32. The molecule has 6 nitrogen and oxygen atoms in total. The van der Waals surface area contributed by atoms with E-state index in [0.29, 0.717) is 29.7 Å². The normalized spacial score (nSPS) is 15.8. The first-order valence-corrected chi connectivity index (χ1v) is 8.06. The molecule has 0 spiro atoms. The monoisotopic (exact) mass is 358 g/mol. The lowest BCUT2D eigenvalue weighted by atomic mass is 10.1. The maximum absolute atomic E-state index is 12.6. The molecular weight excluding hydrogens is 340 g/mol. The summed E-state index contributed by atoms with van der Waals surface area (Å²) in [5.74, 6) is 1.22. The molecule has 0 radical (unpaired) electrons. The molecule has 3 rings (SSSR count). The average molecular weight is 358 g/mol. The molecule has 25 heavy (non-hydrogen) atoms. The highest BCUT2D eigenvalue weighted by Gasteiger charge is 2.31. The summed E-state index contributed by atoms with van der Waals surface area (Å²) >= 11 is 5.26. The first-order chi connectivity index (χ1) is 12.1. The molecule has 0 saturated carbocycles. The van der Waals surface area contributed by atoms with Gasteiger partial charge in [-0.1, -0.05) is 6.07 Å². The number of thiocarbonyl (C=S) groups is 1. The van der Waals surface area contributed by atoms with E-state index in [9.17, 15) is 4.79 Å². The van der Waals surface area contributed by atoms with Crippen LogP contribution in [0.1, 0.15) is 16.9 Å². The second-order valence-electron chi connectivity index (χ2n) is 5.46. The molecule has 7 heteroatoms. The van der Waals surface area contributed by atoms with Gasteiger partial charge in [-0.2, -0.15) is 0 Å². The standard InChI is InChI=1S/C18H18N2O4S/c1-22-11-13-8-12(5-6-16(13)23-2)9-15-17(21)20(18(25)19-15)10-14-4-3-7-24-14/h3-9H,10-11H2,1-2H3,(H,19,25)/b15-9+. The molecule has 1 aliphatic heterocycles. The van der Waals surface area contributed by atoms with E-state index in [-0.39, 0.29) is 5.91 Å². The lowest BCUT2D eigenvalue weighted by Gasteiger charge is -2.11. The minimum atomic E-state index is -0.189. The number of ether oxygens (including phenoxy) is 2. The summed E-state index contributed by atoms with van der Waals surface area (Å²) in [5.41, 5.74) is 2.18. The lowest BCUT2D eigenvalue weighted by molar-refractivity contribution is -0.122. The highest BCUT2D eigenvalue weighted by molar-refractivity contribution is 7.80. The second-order valence-corrected chi connectivity index (χ2v) is 5.85. The van der Waals surface area contributed by atoms with Crippen molar-refractivity contribution in [2.45, 2.75) is 13.2 Å². The Hall–Kier alpha value is -2.64. The maximum Gasteiger partial charge on any atom is 0.276 e. The molecule has 2 aromatic rings. The van der Waals surface area contributed by atoms with Crippen molar-refractivity contribution in [1.29, 1.82) is 0 Å². The highest BCUT2D eigenvalue weighted by atomic mass is 32.1. The maximum atomic E-state index is 12.6. The van der Waals surface area contributed by atoms with Crippen LogP contribution in [0.25, 0.3) is 6.08 Å². The minimum Gasteiger partial charge on any atom is -0.496 e. The lowest BCUT2D eigenvalue weighted by Crippen LogP contribution is -2.29. The Kier molecular flexibility index (Phi) is 5.16. The zero-order chi connectivity index (χ0) is 17.8. The molecule has 1 fully saturated rings. The third kappa shape index (κ3) is 3.72. The topological polar surface area (TPSA) is 63.9 Å². The van der Waals surface area contributed by atoms with Crippen LogP contribution in [0.3, 0.4) is 0 Å². The van der Waals surface area contributed by atoms with E-state index in [1.807, 2.05) is 18.2 Å². The third-order valence-corrected chi connectivity index (χ3v) is 4.09. The van der Waals surface area contributed by atoms with Crippen LogP contribution in [-0.2, 0) is 22.7 Å². The van der Waals surface area contributed by atoms with E-state index in [1.165, 1.54) is 4.90 Å². The number of rotatable bonds is 6. The van der Waals surface area contributed by atoms with Crippen molar-refractivity contribution in [1.82, 2.24) is 10.2 Å². The van der Waals surface area contributed by atoms with Crippen LogP contribution < -0.4 is 10.1 Å². The zero-order valence-corrected chi connectivity index (χ0v) is 14.8. The second kappa shape index (κ2) is 7.50. The molecule has 0 atom stereocenters. The van der Waals surface area contributed by atoms with Gasteiger partial charge in [-0.15, -0.1) is 0 Å². The highest BCUT2D eigenvalue weighted by Crippen LogP contribution is 2.23. The Bertz CT molecular complexity index is 814. The molecule has 1 aromatic carbocycles. The van der Waals surface area contributed by atoms with E-state index >= 15 is 0 Å². The fourth-order valence-electron chi connectivity index (χ4n) is 2.60. The van der Waals surface area contributed by atoms with Gasteiger partial charge >= 0.3 is 0 Å². The zero-order valence-electron chi connectivity index (χ0n) is 13.9. The van der Waals surface area contributed by atoms with Gasteiger partial charge in [0.05, 0.1) is 26.5 Å². The first-order valence-electron chi connectivity index (χ1n) is 7.65. The number of nitrogens with one attached hydrogen (secondary N) is 1. The summed E-state index contributed by atoms with van der Waals surface area (Å²) in [4.78, 5) is 14.1. The quantitative estimate of drug-likeness (QED) is 0.633. The van der Waals surface area contributed by atoms with Gasteiger partial charge in [-0.05, 0) is 48.1 Å². The number of carbonyl (C=O) groups excluding carboxylic acids is 1. The number of hydrogen-bond acceptors (Lipinski definition) is 5. The van der Waals surface area contributed by atoms with Gasteiger partial charge in [-0.3, -0.25) is 9.69 Å². The van der Waals surface area contributed by atoms with Gasteiger partial charge in [0.2, 0.25) is 0 Å². The molecule has 1 saturated heterocycles. The fraction of sp³-hybridized carbons (Fsp3) is 0.222. The van der Waals surface area contributed by atoms with Crippen LogP contribution in [0, 0.1) is 0 Å².